The summed E-state index contributed by atoms with van der Waals surface area (Å²) < 4.78 is 9.90. The minimum Gasteiger partial charge on any atom is -0.468 e. The summed E-state index contributed by atoms with van der Waals surface area (Å²) in [7, 11) is 1.20. The van der Waals surface area contributed by atoms with E-state index in [0.29, 0.717) is 5.56 Å². The van der Waals surface area contributed by atoms with Crippen LogP contribution in [0.4, 0.5) is 4.79 Å². The van der Waals surface area contributed by atoms with E-state index in [1.54, 1.807) is 39.8 Å². The van der Waals surface area contributed by atoms with Crippen LogP contribution in [0.2, 0.25) is 0 Å². The molecule has 2 atom stereocenters. The minimum absolute atomic E-state index is 0.0197. The maximum atomic E-state index is 13.6. The first-order chi connectivity index (χ1) is 16.2. The number of rotatable bonds is 9. The number of terminal acetylenes is 1. The van der Waals surface area contributed by atoms with Gasteiger partial charge in [0.25, 0.3) is 5.91 Å². The molecule has 0 spiro atoms. The van der Waals surface area contributed by atoms with Crippen molar-refractivity contribution in [3.05, 3.63) is 34.9 Å². The fourth-order valence-corrected chi connectivity index (χ4v) is 3.43. The van der Waals surface area contributed by atoms with Crippen molar-refractivity contribution >= 4 is 23.9 Å². The molecule has 35 heavy (non-hydrogen) atoms. The summed E-state index contributed by atoms with van der Waals surface area (Å²) in [6, 6.07) is 5.40. The molecule has 0 heterocycles. The molecule has 0 bridgehead atoms. The summed E-state index contributed by atoms with van der Waals surface area (Å²) in [6.07, 6.45) is 5.24. The largest absolute Gasteiger partial charge is 0.468 e. The molecule has 9 nitrogen and oxygen atoms in total. The Morgan fingerprint density at radius 2 is 1.77 bits per heavy atom. The monoisotopic (exact) mass is 487 g/mol. The van der Waals surface area contributed by atoms with Gasteiger partial charge in [-0.05, 0) is 58.1 Å². The van der Waals surface area contributed by atoms with Crippen molar-refractivity contribution in [2.24, 2.45) is 5.92 Å². The van der Waals surface area contributed by atoms with E-state index in [9.17, 15) is 19.2 Å². The maximum absolute atomic E-state index is 13.6. The maximum Gasteiger partial charge on any atom is 0.408 e. The summed E-state index contributed by atoms with van der Waals surface area (Å²) in [5.74, 6) is -1.94. The smallest absolute Gasteiger partial charge is 0.408 e. The average Bonchev–Trinajstić information content (AvgIpc) is 2.73. The van der Waals surface area contributed by atoms with Gasteiger partial charge in [0.15, 0.2) is 0 Å². The molecule has 1 aromatic rings. The Morgan fingerprint density at radius 3 is 2.26 bits per heavy atom. The molecule has 0 saturated heterocycles. The minimum atomic E-state index is -1.24. The lowest BCUT2D eigenvalue weighted by atomic mass is 9.96. The number of methoxy groups -OCH3 is 1. The van der Waals surface area contributed by atoms with Gasteiger partial charge in [-0.1, -0.05) is 44.0 Å². The normalized spacial score (nSPS) is 12.7. The first kappa shape index (κ1) is 29.5. The van der Waals surface area contributed by atoms with Gasteiger partial charge < -0.3 is 20.1 Å². The summed E-state index contributed by atoms with van der Waals surface area (Å²) >= 11 is 0. The van der Waals surface area contributed by atoms with Crippen LogP contribution in [0.3, 0.4) is 0 Å². The van der Waals surface area contributed by atoms with E-state index in [0.717, 1.165) is 16.0 Å². The van der Waals surface area contributed by atoms with Crippen LogP contribution in [0.5, 0.6) is 0 Å². The second kappa shape index (κ2) is 12.8. The summed E-state index contributed by atoms with van der Waals surface area (Å²) in [4.78, 5) is 51.9. The van der Waals surface area contributed by atoms with E-state index in [1.807, 2.05) is 26.8 Å². The molecular weight excluding hydrogens is 450 g/mol. The van der Waals surface area contributed by atoms with Gasteiger partial charge in [-0.2, -0.15) is 0 Å². The molecule has 3 amide bonds. The molecule has 0 aliphatic heterocycles. The van der Waals surface area contributed by atoms with Crippen molar-refractivity contribution in [3.63, 3.8) is 0 Å². The van der Waals surface area contributed by atoms with Crippen molar-refractivity contribution in [2.75, 3.05) is 13.7 Å². The SMILES string of the molecule is C#CN(C(=O)C(CC(C)C)NC(=O)OC(C)(C)C)C(C(=O)NCC(=O)OC)c1ccc(C)cc1C. The molecule has 2 N–H and O–H groups in total. The van der Waals surface area contributed by atoms with E-state index >= 15 is 0 Å². The lowest BCUT2D eigenvalue weighted by molar-refractivity contribution is -0.143. The van der Waals surface area contributed by atoms with Crippen molar-refractivity contribution in [1.29, 1.82) is 0 Å². The fourth-order valence-electron chi connectivity index (χ4n) is 3.43. The Labute approximate surface area is 207 Å². The third kappa shape index (κ3) is 9.32. The Balaban J connectivity index is 3.43. The Morgan fingerprint density at radius 1 is 1.14 bits per heavy atom. The van der Waals surface area contributed by atoms with Crippen LogP contribution in [-0.4, -0.2) is 54.1 Å². The quantitative estimate of drug-likeness (QED) is 0.314. The number of nitrogens with zero attached hydrogens (tertiary/aromatic N) is 1. The molecule has 9 heteroatoms. The van der Waals surface area contributed by atoms with Gasteiger partial charge in [0.2, 0.25) is 5.91 Å². The van der Waals surface area contributed by atoms with E-state index in [4.69, 9.17) is 11.2 Å². The summed E-state index contributed by atoms with van der Waals surface area (Å²) in [6.45, 7) is 12.2. The molecule has 1 aromatic carbocycles. The molecule has 0 radical (unpaired) electrons. The highest BCUT2D eigenvalue weighted by molar-refractivity contribution is 5.94. The first-order valence-corrected chi connectivity index (χ1v) is 11.4. The molecule has 192 valence electrons. The van der Waals surface area contributed by atoms with Crippen molar-refractivity contribution in [2.45, 2.75) is 72.6 Å². The summed E-state index contributed by atoms with van der Waals surface area (Å²) in [5.41, 5.74) is 1.42. The highest BCUT2D eigenvalue weighted by Gasteiger charge is 2.37. The molecule has 2 unspecified atom stereocenters. The van der Waals surface area contributed by atoms with E-state index < -0.39 is 48.1 Å². The number of hydrogen-bond donors (Lipinski definition) is 2. The van der Waals surface area contributed by atoms with Crippen LogP contribution in [0, 0.1) is 32.2 Å². The Kier molecular flexibility index (Phi) is 10.8. The highest BCUT2D eigenvalue weighted by Crippen LogP contribution is 2.26. The third-order valence-corrected chi connectivity index (χ3v) is 4.93. The predicted molar refractivity (Wildman–Crippen MR) is 132 cm³/mol. The molecular formula is C26H37N3O6. The number of alkyl carbamates (subject to hydrolysis) is 1. The van der Waals surface area contributed by atoms with Gasteiger partial charge >= 0.3 is 12.1 Å². The van der Waals surface area contributed by atoms with E-state index in [-0.39, 0.29) is 12.3 Å². The van der Waals surface area contributed by atoms with Gasteiger partial charge in [-0.3, -0.25) is 19.3 Å². The van der Waals surface area contributed by atoms with Crippen molar-refractivity contribution in [1.82, 2.24) is 15.5 Å². The molecule has 0 saturated carbocycles. The number of nitrogens with one attached hydrogen (secondary N) is 2. The number of carbonyl (C=O) groups is 4. The third-order valence-electron chi connectivity index (χ3n) is 4.93. The fraction of sp³-hybridized carbons (Fsp3) is 0.538. The van der Waals surface area contributed by atoms with Gasteiger partial charge in [-0.25, -0.2) is 4.79 Å². The summed E-state index contributed by atoms with van der Waals surface area (Å²) in [5, 5.41) is 5.07. The molecule has 1 rings (SSSR count). The number of aryl methyl sites for hydroxylation is 2. The first-order valence-electron chi connectivity index (χ1n) is 11.4. The molecule has 0 aromatic heterocycles. The average molecular weight is 488 g/mol. The van der Waals surface area contributed by atoms with Crippen molar-refractivity contribution < 1.29 is 28.7 Å². The zero-order valence-electron chi connectivity index (χ0n) is 21.9. The number of amides is 3. The lowest BCUT2D eigenvalue weighted by Gasteiger charge is -2.31. The predicted octanol–water partition coefficient (Wildman–Crippen LogP) is 2.99. The van der Waals surface area contributed by atoms with Crippen LogP contribution in [-0.2, 0) is 23.9 Å². The lowest BCUT2D eigenvalue weighted by Crippen LogP contribution is -2.52. The second-order valence-corrected chi connectivity index (χ2v) is 9.72. The van der Waals surface area contributed by atoms with Crippen LogP contribution in [0.1, 0.15) is 63.8 Å². The van der Waals surface area contributed by atoms with Gasteiger partial charge in [0.05, 0.1) is 7.11 Å². The van der Waals surface area contributed by atoms with Crippen LogP contribution in [0.15, 0.2) is 18.2 Å². The van der Waals surface area contributed by atoms with Crippen molar-refractivity contribution in [3.8, 4) is 12.5 Å². The topological polar surface area (TPSA) is 114 Å². The van der Waals surface area contributed by atoms with Gasteiger partial charge in [-0.15, -0.1) is 0 Å². The number of hydrogen-bond acceptors (Lipinski definition) is 6. The zero-order valence-corrected chi connectivity index (χ0v) is 21.9. The number of benzene rings is 1. The molecule has 0 aliphatic rings. The highest BCUT2D eigenvalue weighted by atomic mass is 16.6. The molecule has 0 aliphatic carbocycles. The van der Waals surface area contributed by atoms with Crippen LogP contribution >= 0.6 is 0 Å². The second-order valence-electron chi connectivity index (χ2n) is 9.72. The van der Waals surface area contributed by atoms with Gasteiger partial charge in [0, 0.05) is 6.04 Å². The zero-order chi connectivity index (χ0) is 26.9. The van der Waals surface area contributed by atoms with Crippen LogP contribution in [0.25, 0.3) is 0 Å². The Bertz CT molecular complexity index is 974. The molecule has 0 fully saturated rings. The Hall–Kier alpha value is -3.54. The standard InChI is InChI=1S/C26H37N3O6/c1-10-29(24(32)20(13-16(2)3)28-25(33)35-26(6,7)8)22(23(31)27-15-21(30)34-9)19-12-11-17(4)14-18(19)5/h1,11-12,14,16,20,22H,13,15H2,2-9H3,(H,27,31)(H,28,33). The number of esters is 1. The van der Waals surface area contributed by atoms with E-state index in [1.165, 1.54) is 7.11 Å². The number of ether oxygens (including phenoxy) is 2. The van der Waals surface area contributed by atoms with Crippen LogP contribution < -0.4 is 10.6 Å². The van der Waals surface area contributed by atoms with Gasteiger partial charge in [0.1, 0.15) is 24.2 Å². The number of carbonyl (C=O) groups excluding carboxylic acids is 4. The van der Waals surface area contributed by atoms with E-state index in [2.05, 4.69) is 21.4 Å².